The van der Waals surface area contributed by atoms with Crippen LogP contribution in [0.4, 0.5) is 11.4 Å². The van der Waals surface area contributed by atoms with E-state index in [4.69, 9.17) is 0 Å². The molecule has 0 unspecified atom stereocenters. The van der Waals surface area contributed by atoms with E-state index >= 15 is 0 Å². The van der Waals surface area contributed by atoms with E-state index in [2.05, 4.69) is 183 Å². The van der Waals surface area contributed by atoms with Gasteiger partial charge in [0, 0.05) is 33.4 Å². The summed E-state index contributed by atoms with van der Waals surface area (Å²) in [6.07, 6.45) is 0. The van der Waals surface area contributed by atoms with Gasteiger partial charge < -0.3 is 10.6 Å². The lowest BCUT2D eigenvalue weighted by Gasteiger charge is -2.21. The number of rotatable bonds is 10. The molecular formula is C38H48Br2N2. The Morgan fingerprint density at radius 1 is 0.429 bits per heavy atom. The van der Waals surface area contributed by atoms with Gasteiger partial charge in [-0.3, -0.25) is 0 Å². The first-order valence-corrected chi connectivity index (χ1v) is 16.8. The first kappa shape index (κ1) is 33.9. The summed E-state index contributed by atoms with van der Waals surface area (Å²) in [6, 6.07) is 30.1. The van der Waals surface area contributed by atoms with Crippen molar-refractivity contribution in [3.63, 3.8) is 0 Å². The molecule has 0 aliphatic rings. The predicted octanol–water partition coefficient (Wildman–Crippen LogP) is 12.6. The molecule has 0 fully saturated rings. The molecular weight excluding hydrogens is 644 g/mol. The monoisotopic (exact) mass is 690 g/mol. The van der Waals surface area contributed by atoms with E-state index in [1.54, 1.807) is 0 Å². The lowest BCUT2D eigenvalue weighted by molar-refractivity contribution is 0.832. The van der Waals surface area contributed by atoms with Crippen LogP contribution in [-0.2, 0) is 13.1 Å². The van der Waals surface area contributed by atoms with Gasteiger partial charge in [-0.2, -0.15) is 0 Å². The third-order valence-electron chi connectivity index (χ3n) is 7.57. The number of anilines is 2. The van der Waals surface area contributed by atoms with Crippen LogP contribution in [0.25, 0.3) is 0 Å². The molecule has 0 saturated heterocycles. The Morgan fingerprint density at radius 2 is 0.714 bits per heavy atom. The summed E-state index contributed by atoms with van der Waals surface area (Å²) in [5.74, 6) is 2.08. The molecule has 0 aromatic heterocycles. The second-order valence-electron chi connectivity index (χ2n) is 12.1. The Kier molecular flexibility index (Phi) is 13.2. The van der Waals surface area contributed by atoms with Gasteiger partial charge in [0.05, 0.1) is 0 Å². The van der Waals surface area contributed by atoms with Crippen LogP contribution in [0.15, 0.2) is 93.9 Å². The molecule has 4 rings (SSSR count). The van der Waals surface area contributed by atoms with Crippen LogP contribution in [0.5, 0.6) is 0 Å². The Morgan fingerprint density at radius 3 is 0.976 bits per heavy atom. The molecule has 4 heteroatoms. The molecule has 2 N–H and O–H groups in total. The van der Waals surface area contributed by atoms with Gasteiger partial charge in [-0.25, -0.2) is 0 Å². The lowest BCUT2D eigenvalue weighted by atomic mass is 9.92. The number of nitrogens with one attached hydrogen (secondary N) is 2. The van der Waals surface area contributed by atoms with Gasteiger partial charge in [0.15, 0.2) is 0 Å². The maximum atomic E-state index is 3.67. The van der Waals surface area contributed by atoms with E-state index in [9.17, 15) is 0 Å². The van der Waals surface area contributed by atoms with Crippen LogP contribution in [0.1, 0.15) is 112 Å². The number of halogens is 2. The highest BCUT2D eigenvalue weighted by atomic mass is 79.9. The summed E-state index contributed by atoms with van der Waals surface area (Å²) in [7, 11) is 0. The van der Waals surface area contributed by atoms with E-state index in [-0.39, 0.29) is 0 Å². The average Bonchev–Trinajstić information content (AvgIpc) is 2.96. The predicted molar refractivity (Wildman–Crippen MR) is 192 cm³/mol. The second kappa shape index (κ2) is 16.3. The first-order chi connectivity index (χ1) is 20.0. The zero-order chi connectivity index (χ0) is 30.8. The Balaban J connectivity index is 0.000000230. The summed E-state index contributed by atoms with van der Waals surface area (Å²) in [4.78, 5) is 0. The van der Waals surface area contributed by atoms with Crippen LogP contribution < -0.4 is 10.6 Å². The van der Waals surface area contributed by atoms with Gasteiger partial charge in [-0.05, 0) is 69.2 Å². The largest absolute Gasteiger partial charge is 0.380 e. The normalized spacial score (nSPS) is 11.2. The van der Waals surface area contributed by atoms with Crippen LogP contribution in [0, 0.1) is 0 Å². The number of hydrogen-bond donors (Lipinski definition) is 2. The van der Waals surface area contributed by atoms with E-state index in [0.29, 0.717) is 23.7 Å². The fraction of sp³-hybridized carbons (Fsp3) is 0.368. The summed E-state index contributed by atoms with van der Waals surface area (Å²) in [5, 5.41) is 7.34. The summed E-state index contributed by atoms with van der Waals surface area (Å²) in [5.41, 5.74) is 10.8. The molecule has 2 nitrogen and oxygen atoms in total. The van der Waals surface area contributed by atoms with Crippen molar-refractivity contribution in [3.05, 3.63) is 127 Å². The smallest absolute Gasteiger partial charge is 0.0413 e. The van der Waals surface area contributed by atoms with E-state index in [1.165, 1.54) is 44.8 Å². The van der Waals surface area contributed by atoms with Crippen molar-refractivity contribution >= 4 is 43.2 Å². The van der Waals surface area contributed by atoms with Gasteiger partial charge >= 0.3 is 0 Å². The minimum Gasteiger partial charge on any atom is -0.380 e. The van der Waals surface area contributed by atoms with Crippen molar-refractivity contribution in [1.82, 2.24) is 0 Å². The fourth-order valence-corrected chi connectivity index (χ4v) is 6.01. The number of hydrogen-bond acceptors (Lipinski definition) is 2. The molecule has 42 heavy (non-hydrogen) atoms. The fourth-order valence-electron chi connectivity index (χ4n) is 5.16. The standard InChI is InChI=1S/2C19H24BrN/c2*1-13(2)16-9-7-10-17(14(3)4)19(16)21-12-15-8-5-6-11-18(15)20/h2*5-11,13-14,21H,12H2,1-4H3. The van der Waals surface area contributed by atoms with Crippen molar-refractivity contribution in [1.29, 1.82) is 0 Å². The van der Waals surface area contributed by atoms with E-state index in [1.807, 2.05) is 0 Å². The topological polar surface area (TPSA) is 24.1 Å². The molecule has 4 aromatic rings. The van der Waals surface area contributed by atoms with Crippen molar-refractivity contribution in [2.75, 3.05) is 10.6 Å². The van der Waals surface area contributed by atoms with Crippen molar-refractivity contribution in [2.24, 2.45) is 0 Å². The molecule has 0 bridgehead atoms. The summed E-state index contributed by atoms with van der Waals surface area (Å²) in [6.45, 7) is 19.7. The highest BCUT2D eigenvalue weighted by Crippen LogP contribution is 2.34. The summed E-state index contributed by atoms with van der Waals surface area (Å²) < 4.78 is 2.32. The van der Waals surface area contributed by atoms with Gasteiger partial charge in [0.25, 0.3) is 0 Å². The SMILES string of the molecule is CC(C)c1cccc(C(C)C)c1NCc1ccccc1Br.CC(C)c1cccc(C(C)C)c1NCc1ccccc1Br. The molecule has 0 radical (unpaired) electrons. The van der Waals surface area contributed by atoms with Crippen LogP contribution in [-0.4, -0.2) is 0 Å². The minimum atomic E-state index is 0.519. The van der Waals surface area contributed by atoms with Crippen molar-refractivity contribution in [3.8, 4) is 0 Å². The third kappa shape index (κ3) is 9.22. The van der Waals surface area contributed by atoms with Gasteiger partial charge in [0.2, 0.25) is 0 Å². The Hall–Kier alpha value is -2.56. The van der Waals surface area contributed by atoms with Gasteiger partial charge in [-0.15, -0.1) is 0 Å². The van der Waals surface area contributed by atoms with Gasteiger partial charge in [-0.1, -0.05) is 160 Å². The first-order valence-electron chi connectivity index (χ1n) is 15.2. The number of benzene rings is 4. The zero-order valence-corrected chi connectivity index (χ0v) is 29.7. The third-order valence-corrected chi connectivity index (χ3v) is 9.12. The molecule has 0 heterocycles. The van der Waals surface area contributed by atoms with Crippen molar-refractivity contribution < 1.29 is 0 Å². The maximum Gasteiger partial charge on any atom is 0.0413 e. The molecule has 0 aliphatic carbocycles. The zero-order valence-electron chi connectivity index (χ0n) is 26.6. The Labute approximate surface area is 272 Å². The lowest BCUT2D eigenvalue weighted by Crippen LogP contribution is -2.08. The van der Waals surface area contributed by atoms with Gasteiger partial charge in [0.1, 0.15) is 0 Å². The minimum absolute atomic E-state index is 0.519. The molecule has 0 saturated carbocycles. The quantitative estimate of drug-likeness (QED) is 0.173. The molecule has 0 aliphatic heterocycles. The maximum absolute atomic E-state index is 3.67. The molecule has 0 amide bonds. The van der Waals surface area contributed by atoms with Crippen molar-refractivity contribution in [2.45, 2.75) is 92.2 Å². The molecule has 0 atom stereocenters. The average molecular weight is 693 g/mol. The molecule has 0 spiro atoms. The van der Waals surface area contributed by atoms with Crippen LogP contribution in [0.3, 0.4) is 0 Å². The molecule has 224 valence electrons. The Bertz CT molecular complexity index is 1260. The van der Waals surface area contributed by atoms with Crippen LogP contribution >= 0.6 is 31.9 Å². The van der Waals surface area contributed by atoms with E-state index < -0.39 is 0 Å². The second-order valence-corrected chi connectivity index (χ2v) is 13.8. The highest BCUT2D eigenvalue weighted by molar-refractivity contribution is 9.10. The highest BCUT2D eigenvalue weighted by Gasteiger charge is 2.15. The van der Waals surface area contributed by atoms with Crippen LogP contribution in [0.2, 0.25) is 0 Å². The van der Waals surface area contributed by atoms with E-state index in [0.717, 1.165) is 22.0 Å². The molecule has 4 aromatic carbocycles. The summed E-state index contributed by atoms with van der Waals surface area (Å²) >= 11 is 7.25. The number of para-hydroxylation sites is 2.